The maximum absolute atomic E-state index is 13.6. The van der Waals surface area contributed by atoms with Crippen molar-refractivity contribution in [3.63, 3.8) is 0 Å². The Morgan fingerprint density at radius 2 is 1.77 bits per heavy atom. The molecule has 0 aliphatic carbocycles. The Labute approximate surface area is 151 Å². The van der Waals surface area contributed by atoms with Gasteiger partial charge >= 0.3 is 0 Å². The van der Waals surface area contributed by atoms with Crippen LogP contribution in [-0.4, -0.2) is 33.7 Å². The van der Waals surface area contributed by atoms with Gasteiger partial charge in [-0.05, 0) is 36.8 Å². The summed E-state index contributed by atoms with van der Waals surface area (Å²) in [4.78, 5) is 13.0. The summed E-state index contributed by atoms with van der Waals surface area (Å²) in [6.07, 6.45) is 0. The first kappa shape index (κ1) is 19.7. The number of amides is 1. The fourth-order valence-electron chi connectivity index (χ4n) is 2.66. The summed E-state index contributed by atoms with van der Waals surface area (Å²) < 4.78 is 37.4. The number of hydrogen-bond acceptors (Lipinski definition) is 3. The van der Waals surface area contributed by atoms with E-state index in [1.807, 2.05) is 26.1 Å². The smallest absolute Gasteiger partial charge is 0.279 e. The van der Waals surface area contributed by atoms with Crippen LogP contribution in [0, 0.1) is 18.6 Å². The summed E-state index contributed by atoms with van der Waals surface area (Å²) >= 11 is 0. The lowest BCUT2D eigenvalue weighted by Crippen LogP contribution is -3.08. The van der Waals surface area contributed by atoms with Gasteiger partial charge in [0.2, 0.25) is 0 Å². The first-order valence-electron chi connectivity index (χ1n) is 8.11. The molecular formula is C19H23F2N2O3+. The molecule has 0 radical (unpaired) electrons. The van der Waals surface area contributed by atoms with E-state index in [2.05, 4.69) is 5.32 Å². The highest BCUT2D eigenvalue weighted by Gasteiger charge is 2.16. The maximum Gasteiger partial charge on any atom is 0.279 e. The van der Waals surface area contributed by atoms with Gasteiger partial charge in [-0.2, -0.15) is 0 Å². The van der Waals surface area contributed by atoms with Gasteiger partial charge in [-0.3, -0.25) is 4.79 Å². The molecule has 7 heteroatoms. The normalized spacial score (nSPS) is 11.8. The molecule has 2 N–H and O–H groups in total. The maximum atomic E-state index is 13.6. The van der Waals surface area contributed by atoms with Crippen LogP contribution >= 0.6 is 0 Å². The predicted molar refractivity (Wildman–Crippen MR) is 94.7 cm³/mol. The van der Waals surface area contributed by atoms with Crippen molar-refractivity contribution in [1.82, 2.24) is 0 Å². The molecule has 0 heterocycles. The third kappa shape index (κ3) is 4.92. The molecule has 1 unspecified atom stereocenters. The van der Waals surface area contributed by atoms with Gasteiger partial charge in [0.1, 0.15) is 18.2 Å². The zero-order valence-electron chi connectivity index (χ0n) is 15.3. The first-order valence-corrected chi connectivity index (χ1v) is 8.11. The molecule has 0 spiro atoms. The van der Waals surface area contributed by atoms with Crippen LogP contribution in [0.5, 0.6) is 11.5 Å². The molecule has 0 saturated carbocycles. The molecule has 0 fully saturated rings. The lowest BCUT2D eigenvalue weighted by Gasteiger charge is -2.17. The van der Waals surface area contributed by atoms with Gasteiger partial charge in [0.05, 0.1) is 27.0 Å². The third-order valence-electron chi connectivity index (χ3n) is 4.00. The van der Waals surface area contributed by atoms with Crippen LogP contribution in [-0.2, 0) is 11.3 Å². The average Bonchev–Trinajstić information content (AvgIpc) is 2.59. The molecule has 5 nitrogen and oxygen atoms in total. The van der Waals surface area contributed by atoms with Crippen LogP contribution in [0.2, 0.25) is 0 Å². The number of halogens is 2. The summed E-state index contributed by atoms with van der Waals surface area (Å²) in [6.45, 7) is 2.61. The SMILES string of the molecule is COc1cc(C)c(C[NH+](C)CC(=O)Nc2cc(F)ccc2F)cc1OC. The molecule has 0 saturated heterocycles. The number of hydrogen-bond donors (Lipinski definition) is 2. The van der Waals surface area contributed by atoms with Crippen molar-refractivity contribution in [1.29, 1.82) is 0 Å². The van der Waals surface area contributed by atoms with Crippen molar-refractivity contribution in [3.05, 3.63) is 53.1 Å². The first-order chi connectivity index (χ1) is 12.3. The van der Waals surface area contributed by atoms with Crippen molar-refractivity contribution in [2.75, 3.05) is 33.1 Å². The Balaban J connectivity index is 2.03. The molecule has 2 aromatic rings. The second-order valence-electron chi connectivity index (χ2n) is 6.12. The molecule has 0 aliphatic heterocycles. The number of quaternary nitrogens is 1. The molecule has 2 rings (SSSR count). The minimum Gasteiger partial charge on any atom is -0.493 e. The molecule has 2 aromatic carbocycles. The summed E-state index contributed by atoms with van der Waals surface area (Å²) in [7, 11) is 4.98. The topological polar surface area (TPSA) is 52.0 Å². The van der Waals surface area contributed by atoms with Crippen LogP contribution in [0.1, 0.15) is 11.1 Å². The van der Waals surface area contributed by atoms with Gasteiger partial charge in [0, 0.05) is 11.6 Å². The highest BCUT2D eigenvalue weighted by atomic mass is 19.1. The Hall–Kier alpha value is -2.67. The number of ether oxygens (including phenoxy) is 2. The van der Waals surface area contributed by atoms with Crippen LogP contribution < -0.4 is 19.7 Å². The van der Waals surface area contributed by atoms with Crippen LogP contribution in [0.15, 0.2) is 30.3 Å². The molecule has 0 aliphatic rings. The van der Waals surface area contributed by atoms with E-state index in [1.54, 1.807) is 14.2 Å². The lowest BCUT2D eigenvalue weighted by atomic mass is 10.1. The predicted octanol–water partition coefficient (Wildman–Crippen LogP) is 1.94. The van der Waals surface area contributed by atoms with Crippen molar-refractivity contribution in [3.8, 4) is 11.5 Å². The van der Waals surface area contributed by atoms with Gasteiger partial charge in [-0.1, -0.05) is 0 Å². The van der Waals surface area contributed by atoms with Crippen molar-refractivity contribution >= 4 is 11.6 Å². The molecule has 0 aromatic heterocycles. The van der Waals surface area contributed by atoms with Gasteiger partial charge in [-0.15, -0.1) is 0 Å². The number of anilines is 1. The van der Waals surface area contributed by atoms with Crippen LogP contribution in [0.3, 0.4) is 0 Å². The summed E-state index contributed by atoms with van der Waals surface area (Å²) in [5, 5.41) is 2.40. The Bertz CT molecular complexity index is 797. The number of methoxy groups -OCH3 is 2. The summed E-state index contributed by atoms with van der Waals surface area (Å²) in [6, 6.07) is 6.70. The lowest BCUT2D eigenvalue weighted by molar-refractivity contribution is -0.885. The largest absolute Gasteiger partial charge is 0.493 e. The van der Waals surface area contributed by atoms with E-state index in [4.69, 9.17) is 9.47 Å². The Kier molecular flexibility index (Phi) is 6.52. The van der Waals surface area contributed by atoms with E-state index in [-0.39, 0.29) is 12.2 Å². The standard InChI is InChI=1S/C19H22F2N2O3/c1-12-7-17(25-3)18(26-4)8-13(12)10-23(2)11-19(24)22-16-9-14(20)5-6-15(16)21/h5-9H,10-11H2,1-4H3,(H,22,24)/p+1. The monoisotopic (exact) mass is 365 g/mol. The van der Waals surface area contributed by atoms with Crippen LogP contribution in [0.4, 0.5) is 14.5 Å². The fourth-order valence-corrected chi connectivity index (χ4v) is 2.66. The zero-order chi connectivity index (χ0) is 19.3. The van der Waals surface area contributed by atoms with Gasteiger partial charge < -0.3 is 19.7 Å². The van der Waals surface area contributed by atoms with Crippen molar-refractivity contribution in [2.24, 2.45) is 0 Å². The van der Waals surface area contributed by atoms with E-state index in [0.717, 1.165) is 34.2 Å². The van der Waals surface area contributed by atoms with Crippen LogP contribution in [0.25, 0.3) is 0 Å². The average molecular weight is 365 g/mol. The fraction of sp³-hybridized carbons (Fsp3) is 0.316. The van der Waals surface area contributed by atoms with Crippen molar-refractivity contribution < 1.29 is 27.9 Å². The highest BCUT2D eigenvalue weighted by molar-refractivity contribution is 5.91. The van der Waals surface area contributed by atoms with E-state index in [0.29, 0.717) is 18.0 Å². The molecule has 1 amide bonds. The number of nitrogens with one attached hydrogen (secondary N) is 2. The molecule has 1 atom stereocenters. The summed E-state index contributed by atoms with van der Waals surface area (Å²) in [5.41, 5.74) is 1.86. The molecule has 0 bridgehead atoms. The van der Waals surface area contributed by atoms with E-state index in [1.165, 1.54) is 0 Å². The highest BCUT2D eigenvalue weighted by Crippen LogP contribution is 2.29. The van der Waals surface area contributed by atoms with Gasteiger partial charge in [-0.25, -0.2) is 8.78 Å². The summed E-state index contributed by atoms with van der Waals surface area (Å²) in [5.74, 6) is -0.417. The Morgan fingerprint density at radius 3 is 2.42 bits per heavy atom. The molecule has 140 valence electrons. The number of carbonyl (C=O) groups excluding carboxylic acids is 1. The van der Waals surface area contributed by atoms with Crippen molar-refractivity contribution in [2.45, 2.75) is 13.5 Å². The minimum atomic E-state index is -0.673. The molecular weight excluding hydrogens is 342 g/mol. The second kappa shape index (κ2) is 8.62. The second-order valence-corrected chi connectivity index (χ2v) is 6.12. The van der Waals surface area contributed by atoms with E-state index in [9.17, 15) is 13.6 Å². The minimum absolute atomic E-state index is 0.101. The third-order valence-corrected chi connectivity index (χ3v) is 4.00. The number of likely N-dealkylation sites (N-methyl/N-ethyl adjacent to an activating group) is 1. The molecule has 26 heavy (non-hydrogen) atoms. The van der Waals surface area contributed by atoms with Gasteiger partial charge in [0.15, 0.2) is 18.0 Å². The number of rotatable bonds is 7. The Morgan fingerprint density at radius 1 is 1.12 bits per heavy atom. The van der Waals surface area contributed by atoms with E-state index < -0.39 is 17.5 Å². The zero-order valence-corrected chi connectivity index (χ0v) is 15.3. The van der Waals surface area contributed by atoms with E-state index >= 15 is 0 Å². The quantitative estimate of drug-likeness (QED) is 0.789. The number of carbonyl (C=O) groups is 1. The van der Waals surface area contributed by atoms with Gasteiger partial charge in [0.25, 0.3) is 5.91 Å². The number of aryl methyl sites for hydroxylation is 1. The number of benzene rings is 2.